The summed E-state index contributed by atoms with van der Waals surface area (Å²) in [5.41, 5.74) is -1.69. The van der Waals surface area contributed by atoms with Gasteiger partial charge in [-0.2, -0.15) is 24.9 Å². The Balaban J connectivity index is 2.16. The first-order valence-corrected chi connectivity index (χ1v) is 7.56. The Morgan fingerprint density at radius 2 is 2.10 bits per heavy atom. The first-order chi connectivity index (χ1) is 9.88. The molecule has 0 radical (unpaired) electrons. The van der Waals surface area contributed by atoms with Crippen molar-refractivity contribution in [3.8, 4) is 0 Å². The van der Waals surface area contributed by atoms with Crippen molar-refractivity contribution in [1.29, 1.82) is 0 Å². The van der Waals surface area contributed by atoms with Crippen LogP contribution in [0.15, 0.2) is 12.3 Å². The van der Waals surface area contributed by atoms with E-state index in [9.17, 15) is 23.3 Å². The Bertz CT molecular complexity index is 519. The van der Waals surface area contributed by atoms with Crippen LogP contribution in [0.1, 0.15) is 18.5 Å². The number of pyridine rings is 1. The Hall–Kier alpha value is -1.51. The molecule has 1 fully saturated rings. The third-order valence-electron chi connectivity index (χ3n) is 3.29. The number of aromatic nitrogens is 1. The minimum Gasteiger partial charge on any atom is -0.379 e. The maximum Gasteiger partial charge on any atom is 0.433 e. The molecule has 0 spiro atoms. The summed E-state index contributed by atoms with van der Waals surface area (Å²) in [6.45, 7) is 0.433. The zero-order valence-corrected chi connectivity index (χ0v) is 11.8. The number of nitrogens with zero attached hydrogens (tertiary/aromatic N) is 2. The summed E-state index contributed by atoms with van der Waals surface area (Å²) in [6.07, 6.45) is -2.04. The van der Waals surface area contributed by atoms with Crippen molar-refractivity contribution in [2.75, 3.05) is 23.4 Å². The highest BCUT2D eigenvalue weighted by Gasteiger charge is 2.34. The predicted octanol–water partition coefficient (Wildman–Crippen LogP) is 3.56. The van der Waals surface area contributed by atoms with E-state index in [2.05, 4.69) is 10.3 Å². The van der Waals surface area contributed by atoms with Crippen LogP contribution >= 0.6 is 11.8 Å². The van der Waals surface area contributed by atoms with Crippen molar-refractivity contribution in [3.63, 3.8) is 0 Å². The molecule has 21 heavy (non-hydrogen) atoms. The SMILES string of the molecule is O=[N+]([O-])c1cnc(C(F)(F)F)cc1NCC1CCSCC1. The summed E-state index contributed by atoms with van der Waals surface area (Å²) in [5.74, 6) is 2.35. The normalized spacial score (nSPS) is 16.7. The molecule has 2 heterocycles. The molecule has 1 aliphatic heterocycles. The quantitative estimate of drug-likeness (QED) is 0.678. The molecular weight excluding hydrogens is 307 g/mol. The Morgan fingerprint density at radius 1 is 1.43 bits per heavy atom. The molecule has 2 rings (SSSR count). The van der Waals surface area contributed by atoms with E-state index in [-0.39, 0.29) is 5.69 Å². The molecule has 0 aromatic carbocycles. The first kappa shape index (κ1) is 15.9. The van der Waals surface area contributed by atoms with Crippen molar-refractivity contribution < 1.29 is 18.1 Å². The Kier molecular flexibility index (Phi) is 4.92. The Morgan fingerprint density at radius 3 is 2.67 bits per heavy atom. The van der Waals surface area contributed by atoms with E-state index >= 15 is 0 Å². The van der Waals surface area contributed by atoms with Crippen molar-refractivity contribution >= 4 is 23.1 Å². The highest BCUT2D eigenvalue weighted by molar-refractivity contribution is 7.99. The average molecular weight is 321 g/mol. The minimum atomic E-state index is -4.62. The van der Waals surface area contributed by atoms with E-state index < -0.39 is 22.5 Å². The number of alkyl halides is 3. The fourth-order valence-electron chi connectivity index (χ4n) is 2.10. The monoisotopic (exact) mass is 321 g/mol. The van der Waals surface area contributed by atoms with Gasteiger partial charge in [0.25, 0.3) is 0 Å². The number of halogens is 3. The number of anilines is 1. The lowest BCUT2D eigenvalue weighted by Crippen LogP contribution is -2.20. The minimum absolute atomic E-state index is 0.124. The van der Waals surface area contributed by atoms with Crippen LogP contribution in [0.4, 0.5) is 24.5 Å². The Labute approximate surface area is 123 Å². The first-order valence-electron chi connectivity index (χ1n) is 6.41. The molecule has 1 aromatic rings. The summed E-state index contributed by atoms with van der Waals surface area (Å²) in [7, 11) is 0. The van der Waals surface area contributed by atoms with E-state index in [4.69, 9.17) is 0 Å². The van der Waals surface area contributed by atoms with Gasteiger partial charge in [-0.15, -0.1) is 0 Å². The molecule has 116 valence electrons. The van der Waals surface area contributed by atoms with Crippen LogP contribution in [-0.4, -0.2) is 28.0 Å². The summed E-state index contributed by atoms with van der Waals surface area (Å²) < 4.78 is 37.9. The largest absolute Gasteiger partial charge is 0.433 e. The third-order valence-corrected chi connectivity index (χ3v) is 4.34. The zero-order valence-electron chi connectivity index (χ0n) is 11.0. The van der Waals surface area contributed by atoms with E-state index in [1.807, 2.05) is 11.8 Å². The van der Waals surface area contributed by atoms with Gasteiger partial charge in [-0.25, -0.2) is 4.98 Å². The third kappa shape index (κ3) is 4.23. The molecule has 0 atom stereocenters. The number of nitrogens with one attached hydrogen (secondary N) is 1. The van der Waals surface area contributed by atoms with E-state index in [1.165, 1.54) is 0 Å². The smallest absolute Gasteiger partial charge is 0.379 e. The van der Waals surface area contributed by atoms with E-state index in [0.717, 1.165) is 24.3 Å². The van der Waals surface area contributed by atoms with Gasteiger partial charge in [0.15, 0.2) is 0 Å². The lowest BCUT2D eigenvalue weighted by Gasteiger charge is -2.22. The fourth-order valence-corrected chi connectivity index (χ4v) is 3.30. The van der Waals surface area contributed by atoms with Crippen molar-refractivity contribution in [3.05, 3.63) is 28.1 Å². The van der Waals surface area contributed by atoms with Gasteiger partial charge in [0.2, 0.25) is 0 Å². The summed E-state index contributed by atoms with van der Waals surface area (Å²) in [4.78, 5) is 13.3. The number of thioether (sulfide) groups is 1. The van der Waals surface area contributed by atoms with Crippen LogP contribution in [0.5, 0.6) is 0 Å². The summed E-state index contributed by atoms with van der Waals surface area (Å²) in [5, 5.41) is 13.7. The molecule has 0 aliphatic carbocycles. The molecule has 9 heteroatoms. The van der Waals surface area contributed by atoms with Crippen LogP contribution in [-0.2, 0) is 6.18 Å². The predicted molar refractivity (Wildman–Crippen MR) is 74.4 cm³/mol. The van der Waals surface area contributed by atoms with Crippen molar-refractivity contribution in [1.82, 2.24) is 4.98 Å². The van der Waals surface area contributed by atoms with Crippen LogP contribution in [0, 0.1) is 16.0 Å². The highest BCUT2D eigenvalue weighted by atomic mass is 32.2. The molecular formula is C12H14F3N3O2S. The van der Waals surface area contributed by atoms with Gasteiger partial charge in [0, 0.05) is 6.54 Å². The van der Waals surface area contributed by atoms with E-state index in [1.54, 1.807) is 0 Å². The van der Waals surface area contributed by atoms with Gasteiger partial charge in [-0.3, -0.25) is 10.1 Å². The van der Waals surface area contributed by atoms with Gasteiger partial charge in [-0.1, -0.05) is 0 Å². The fraction of sp³-hybridized carbons (Fsp3) is 0.583. The van der Waals surface area contributed by atoms with Gasteiger partial charge in [0.1, 0.15) is 17.6 Å². The molecule has 0 saturated carbocycles. The molecule has 0 amide bonds. The summed E-state index contributed by atoms with van der Waals surface area (Å²) >= 11 is 1.84. The van der Waals surface area contributed by atoms with Crippen LogP contribution in [0.3, 0.4) is 0 Å². The second-order valence-electron chi connectivity index (χ2n) is 4.78. The molecule has 0 unspecified atom stereocenters. The van der Waals surface area contributed by atoms with Gasteiger partial charge in [-0.05, 0) is 36.3 Å². The van der Waals surface area contributed by atoms with Crippen LogP contribution < -0.4 is 5.32 Å². The molecule has 5 nitrogen and oxygen atoms in total. The lowest BCUT2D eigenvalue weighted by atomic mass is 10.0. The molecule has 1 aliphatic rings. The summed E-state index contributed by atoms with van der Waals surface area (Å²) in [6, 6.07) is 0.704. The van der Waals surface area contributed by atoms with E-state index in [0.29, 0.717) is 24.7 Å². The number of hydrogen-bond donors (Lipinski definition) is 1. The van der Waals surface area contributed by atoms with Crippen molar-refractivity contribution in [2.24, 2.45) is 5.92 Å². The highest BCUT2D eigenvalue weighted by Crippen LogP contribution is 2.33. The number of rotatable bonds is 4. The standard InChI is InChI=1S/C12H14F3N3O2S/c13-12(14,15)11-5-9(10(7-17-11)18(19)20)16-6-8-1-3-21-4-2-8/h5,7-8H,1-4,6H2,(H,16,17). The average Bonchev–Trinajstić information content (AvgIpc) is 2.45. The molecule has 1 N–H and O–H groups in total. The van der Waals surface area contributed by atoms with Crippen LogP contribution in [0.2, 0.25) is 0 Å². The van der Waals surface area contributed by atoms with Gasteiger partial charge < -0.3 is 5.32 Å². The lowest BCUT2D eigenvalue weighted by molar-refractivity contribution is -0.384. The van der Waals surface area contributed by atoms with Crippen LogP contribution in [0.25, 0.3) is 0 Å². The topological polar surface area (TPSA) is 68.1 Å². The van der Waals surface area contributed by atoms with Gasteiger partial charge >= 0.3 is 11.9 Å². The van der Waals surface area contributed by atoms with Gasteiger partial charge in [0.05, 0.1) is 4.92 Å². The second-order valence-corrected chi connectivity index (χ2v) is 6.00. The molecule has 1 aromatic heterocycles. The maximum atomic E-state index is 12.6. The number of hydrogen-bond acceptors (Lipinski definition) is 5. The van der Waals surface area contributed by atoms with Crippen molar-refractivity contribution in [2.45, 2.75) is 19.0 Å². The number of nitro groups is 1. The maximum absolute atomic E-state index is 12.6. The second kappa shape index (κ2) is 6.50. The molecule has 1 saturated heterocycles. The zero-order chi connectivity index (χ0) is 15.5. The molecule has 0 bridgehead atoms.